The molecule has 0 aliphatic heterocycles. The van der Waals surface area contributed by atoms with Crippen LogP contribution in [-0.2, 0) is 6.42 Å². The van der Waals surface area contributed by atoms with Crippen LogP contribution in [0, 0.1) is 0 Å². The van der Waals surface area contributed by atoms with E-state index in [-0.39, 0.29) is 6.04 Å². The molecule has 0 aliphatic rings. The van der Waals surface area contributed by atoms with Crippen molar-refractivity contribution in [3.63, 3.8) is 0 Å². The fraction of sp³-hybridized carbons (Fsp3) is 0.182. The number of rotatable bonds is 4. The Hall–Kier alpha value is -1.07. The summed E-state index contributed by atoms with van der Waals surface area (Å²) in [5.41, 5.74) is 4.45. The number of halogens is 2. The average Bonchev–Trinajstić information content (AvgIpc) is 2.75. The molecule has 6 heteroatoms. The standard InChI is InChI=1S/C11H11Cl2N3O/c12-9-6-15-3-1-7(9)5-10(16-14)8-2-4-17-11(8)13/h1-4,6,10,16H,5,14H2. The summed E-state index contributed by atoms with van der Waals surface area (Å²) in [6.07, 6.45) is 5.42. The Morgan fingerprint density at radius 1 is 1.41 bits per heavy atom. The Kier molecular flexibility index (Phi) is 4.02. The van der Waals surface area contributed by atoms with Crippen molar-refractivity contribution in [3.8, 4) is 0 Å². The number of nitrogens with zero attached hydrogens (tertiary/aromatic N) is 1. The van der Waals surface area contributed by atoms with Gasteiger partial charge in [0.05, 0.1) is 17.3 Å². The van der Waals surface area contributed by atoms with E-state index in [0.717, 1.165) is 11.1 Å². The molecule has 0 amide bonds. The second-order valence-electron chi connectivity index (χ2n) is 3.54. The van der Waals surface area contributed by atoms with Gasteiger partial charge in [-0.2, -0.15) is 0 Å². The number of pyridine rings is 1. The van der Waals surface area contributed by atoms with Crippen LogP contribution in [0.15, 0.2) is 35.2 Å². The van der Waals surface area contributed by atoms with Gasteiger partial charge in [-0.3, -0.25) is 16.3 Å². The second kappa shape index (κ2) is 5.51. The van der Waals surface area contributed by atoms with Crippen LogP contribution in [0.5, 0.6) is 0 Å². The fourth-order valence-electron chi connectivity index (χ4n) is 1.60. The van der Waals surface area contributed by atoms with Gasteiger partial charge in [-0.25, -0.2) is 0 Å². The summed E-state index contributed by atoms with van der Waals surface area (Å²) < 4.78 is 5.04. The van der Waals surface area contributed by atoms with E-state index in [1.807, 2.05) is 6.07 Å². The van der Waals surface area contributed by atoms with Crippen LogP contribution >= 0.6 is 23.2 Å². The molecule has 2 rings (SSSR count). The summed E-state index contributed by atoms with van der Waals surface area (Å²) in [4.78, 5) is 3.93. The normalized spacial score (nSPS) is 12.6. The van der Waals surface area contributed by atoms with Crippen molar-refractivity contribution in [2.45, 2.75) is 12.5 Å². The van der Waals surface area contributed by atoms with Crippen molar-refractivity contribution >= 4 is 23.2 Å². The zero-order valence-corrected chi connectivity index (χ0v) is 10.4. The van der Waals surface area contributed by atoms with E-state index in [9.17, 15) is 0 Å². The number of aromatic nitrogens is 1. The van der Waals surface area contributed by atoms with Crippen LogP contribution in [0.2, 0.25) is 10.2 Å². The second-order valence-corrected chi connectivity index (χ2v) is 4.29. The Morgan fingerprint density at radius 3 is 2.82 bits per heavy atom. The first kappa shape index (κ1) is 12.4. The first-order chi connectivity index (χ1) is 8.22. The van der Waals surface area contributed by atoms with Crippen molar-refractivity contribution in [1.29, 1.82) is 0 Å². The molecule has 0 saturated heterocycles. The van der Waals surface area contributed by atoms with Crippen LogP contribution in [0.1, 0.15) is 17.2 Å². The number of hydrogen-bond acceptors (Lipinski definition) is 4. The molecule has 0 aliphatic carbocycles. The van der Waals surface area contributed by atoms with Gasteiger partial charge in [0.1, 0.15) is 0 Å². The molecule has 3 N–H and O–H groups in total. The SMILES string of the molecule is NNC(Cc1ccncc1Cl)c1ccoc1Cl. The molecule has 0 radical (unpaired) electrons. The zero-order valence-electron chi connectivity index (χ0n) is 8.86. The molecule has 0 bridgehead atoms. The number of hydrazine groups is 1. The summed E-state index contributed by atoms with van der Waals surface area (Å²) in [7, 11) is 0. The molecule has 0 aromatic carbocycles. The van der Waals surface area contributed by atoms with Crippen molar-refractivity contribution in [2.24, 2.45) is 5.84 Å². The van der Waals surface area contributed by atoms with E-state index in [1.165, 1.54) is 6.26 Å². The maximum absolute atomic E-state index is 6.04. The predicted octanol–water partition coefficient (Wildman–Crippen LogP) is 2.73. The van der Waals surface area contributed by atoms with Crippen LogP contribution in [0.25, 0.3) is 0 Å². The molecule has 90 valence electrons. The van der Waals surface area contributed by atoms with Gasteiger partial charge >= 0.3 is 0 Å². The van der Waals surface area contributed by atoms with E-state index >= 15 is 0 Å². The summed E-state index contributed by atoms with van der Waals surface area (Å²) >= 11 is 12.0. The number of nitrogens with one attached hydrogen (secondary N) is 1. The molecule has 4 nitrogen and oxygen atoms in total. The van der Waals surface area contributed by atoms with Gasteiger partial charge in [0, 0.05) is 18.0 Å². The van der Waals surface area contributed by atoms with Gasteiger partial charge in [-0.1, -0.05) is 11.6 Å². The lowest BCUT2D eigenvalue weighted by Gasteiger charge is -2.15. The summed E-state index contributed by atoms with van der Waals surface area (Å²) in [5.74, 6) is 5.52. The van der Waals surface area contributed by atoms with Crippen molar-refractivity contribution in [3.05, 3.63) is 52.2 Å². The smallest absolute Gasteiger partial charge is 0.197 e. The first-order valence-corrected chi connectivity index (χ1v) is 5.75. The Balaban J connectivity index is 2.22. The number of nitrogens with two attached hydrogens (primary N) is 1. The third kappa shape index (κ3) is 2.79. The molecule has 0 saturated carbocycles. The quantitative estimate of drug-likeness (QED) is 0.663. The number of furan rings is 1. The molecule has 2 aromatic heterocycles. The largest absolute Gasteiger partial charge is 0.453 e. The van der Waals surface area contributed by atoms with Gasteiger partial charge < -0.3 is 4.42 Å². The average molecular weight is 272 g/mol. The minimum absolute atomic E-state index is 0.152. The van der Waals surface area contributed by atoms with E-state index in [0.29, 0.717) is 16.7 Å². The Morgan fingerprint density at radius 2 is 2.24 bits per heavy atom. The van der Waals surface area contributed by atoms with Crippen LogP contribution in [-0.4, -0.2) is 4.98 Å². The maximum Gasteiger partial charge on any atom is 0.197 e. The Labute approximate surface area is 109 Å². The molecule has 0 spiro atoms. The highest BCUT2D eigenvalue weighted by molar-refractivity contribution is 6.31. The van der Waals surface area contributed by atoms with Gasteiger partial charge in [-0.05, 0) is 35.7 Å². The molecule has 2 aromatic rings. The monoisotopic (exact) mass is 271 g/mol. The van der Waals surface area contributed by atoms with E-state index < -0.39 is 0 Å². The van der Waals surface area contributed by atoms with Crippen LogP contribution < -0.4 is 11.3 Å². The first-order valence-electron chi connectivity index (χ1n) is 4.99. The summed E-state index contributed by atoms with van der Waals surface area (Å²) in [6.45, 7) is 0. The number of hydrogen-bond donors (Lipinski definition) is 2. The third-order valence-electron chi connectivity index (χ3n) is 2.50. The van der Waals surface area contributed by atoms with Crippen molar-refractivity contribution < 1.29 is 4.42 Å². The van der Waals surface area contributed by atoms with E-state index in [1.54, 1.807) is 18.5 Å². The molecule has 0 fully saturated rings. The van der Waals surface area contributed by atoms with E-state index in [4.69, 9.17) is 33.5 Å². The van der Waals surface area contributed by atoms with Crippen LogP contribution in [0.4, 0.5) is 0 Å². The van der Waals surface area contributed by atoms with Gasteiger partial charge in [0.2, 0.25) is 0 Å². The zero-order chi connectivity index (χ0) is 12.3. The highest BCUT2D eigenvalue weighted by Crippen LogP contribution is 2.27. The molecule has 1 atom stereocenters. The summed E-state index contributed by atoms with van der Waals surface area (Å²) in [6, 6.07) is 3.48. The highest BCUT2D eigenvalue weighted by Gasteiger charge is 2.17. The van der Waals surface area contributed by atoms with E-state index in [2.05, 4.69) is 10.4 Å². The fourth-order valence-corrected chi connectivity index (χ4v) is 2.04. The molecule has 1 unspecified atom stereocenters. The summed E-state index contributed by atoms with van der Waals surface area (Å²) in [5, 5.41) is 0.936. The predicted molar refractivity (Wildman–Crippen MR) is 66.7 cm³/mol. The minimum atomic E-state index is -0.152. The maximum atomic E-state index is 6.04. The lowest BCUT2D eigenvalue weighted by molar-refractivity contribution is 0.527. The van der Waals surface area contributed by atoms with Gasteiger partial charge in [0.25, 0.3) is 0 Å². The molecule has 17 heavy (non-hydrogen) atoms. The molecular formula is C11H11Cl2N3O. The molecular weight excluding hydrogens is 261 g/mol. The van der Waals surface area contributed by atoms with Crippen molar-refractivity contribution in [2.75, 3.05) is 0 Å². The molecule has 2 heterocycles. The lowest BCUT2D eigenvalue weighted by Crippen LogP contribution is -2.29. The van der Waals surface area contributed by atoms with Crippen molar-refractivity contribution in [1.82, 2.24) is 10.4 Å². The van der Waals surface area contributed by atoms with Gasteiger partial charge in [0.15, 0.2) is 5.22 Å². The van der Waals surface area contributed by atoms with Gasteiger partial charge in [-0.15, -0.1) is 0 Å². The van der Waals surface area contributed by atoms with Crippen LogP contribution in [0.3, 0.4) is 0 Å². The minimum Gasteiger partial charge on any atom is -0.453 e. The lowest BCUT2D eigenvalue weighted by atomic mass is 10.0. The topological polar surface area (TPSA) is 64.1 Å². The third-order valence-corrected chi connectivity index (χ3v) is 3.15. The Bertz CT molecular complexity index is 501. The highest BCUT2D eigenvalue weighted by atomic mass is 35.5.